The molecule has 0 aliphatic carbocycles. The van der Waals surface area contributed by atoms with Crippen LogP contribution in [-0.2, 0) is 0 Å². The summed E-state index contributed by atoms with van der Waals surface area (Å²) in [6.45, 7) is 18.1. The van der Waals surface area contributed by atoms with Crippen LogP contribution in [0.4, 0.5) is 0 Å². The van der Waals surface area contributed by atoms with E-state index in [4.69, 9.17) is 0 Å². The van der Waals surface area contributed by atoms with Gasteiger partial charge in [-0.15, -0.1) is 0 Å². The van der Waals surface area contributed by atoms with E-state index in [1.165, 1.54) is 0 Å². The van der Waals surface area contributed by atoms with E-state index in [2.05, 4.69) is 44.9 Å². The fourth-order valence-electron chi connectivity index (χ4n) is 0.977. The topological polar surface area (TPSA) is 0 Å². The Balaban J connectivity index is 5.56. The van der Waals surface area contributed by atoms with E-state index in [9.17, 15) is 0 Å². The van der Waals surface area contributed by atoms with Crippen LogP contribution in [-0.4, -0.2) is 12.9 Å². The number of rotatable bonds is 3. The van der Waals surface area contributed by atoms with E-state index in [0.717, 1.165) is 10.6 Å². The summed E-state index contributed by atoms with van der Waals surface area (Å²) in [7, 11) is 0. The molecule has 0 spiro atoms. The molecule has 0 amide bonds. The molecule has 0 saturated heterocycles. The van der Waals surface area contributed by atoms with E-state index >= 15 is 0 Å². The zero-order valence-electron chi connectivity index (χ0n) is 7.82. The first-order valence-electron chi connectivity index (χ1n) is 3.57. The monoisotopic (exact) mass is 402 g/mol. The zero-order chi connectivity index (χ0) is 10.2. The van der Waals surface area contributed by atoms with E-state index < -0.39 is 12.9 Å². The summed E-state index contributed by atoms with van der Waals surface area (Å²) in [5.41, 5.74) is 0. The standard InChI is InChI=1S/3C3H5.2BrH.Sb/c3*1-3-2;;;/h3*1H2,2H3;2*1H;/q;;;;;+2/p-2. The molecule has 0 aromatic carbocycles. The molecule has 0 aromatic heterocycles. The fourth-order valence-corrected chi connectivity index (χ4v) is 6.56. The average molecular weight is 405 g/mol. The van der Waals surface area contributed by atoms with Crippen molar-refractivity contribution in [2.24, 2.45) is 0 Å². The van der Waals surface area contributed by atoms with Crippen molar-refractivity contribution in [3.8, 4) is 0 Å². The fraction of sp³-hybridized carbons (Fsp3) is 0.333. The van der Waals surface area contributed by atoms with Crippen LogP contribution < -0.4 is 0 Å². The van der Waals surface area contributed by atoms with Gasteiger partial charge in [0.2, 0.25) is 0 Å². The predicted molar refractivity (Wildman–Crippen MR) is 68.1 cm³/mol. The van der Waals surface area contributed by atoms with Gasteiger partial charge in [-0.2, -0.15) is 0 Å². The summed E-state index contributed by atoms with van der Waals surface area (Å²) in [5.74, 6) is 0. The Kier molecular flexibility index (Phi) is 3.93. The van der Waals surface area contributed by atoms with Crippen molar-refractivity contribution in [1.82, 2.24) is 0 Å². The second-order valence-corrected chi connectivity index (χ2v) is 40.2. The van der Waals surface area contributed by atoms with Crippen molar-refractivity contribution >= 4 is 38.1 Å². The van der Waals surface area contributed by atoms with Gasteiger partial charge in [0.05, 0.1) is 0 Å². The molecule has 0 unspecified atom stereocenters. The van der Waals surface area contributed by atoms with Gasteiger partial charge in [0.1, 0.15) is 0 Å². The van der Waals surface area contributed by atoms with Crippen LogP contribution in [0.2, 0.25) is 0 Å². The predicted octanol–water partition coefficient (Wildman–Crippen LogP) is 4.52. The SMILES string of the molecule is C=[C](C)[Sb]([Br])([Br])([C](=C)C)[C](=C)C. The van der Waals surface area contributed by atoms with Crippen molar-refractivity contribution in [1.29, 1.82) is 0 Å². The normalized spacial score (nSPS) is 14.6. The number of hydrogen-bond donors (Lipinski definition) is 0. The van der Waals surface area contributed by atoms with Crippen LogP contribution in [0.1, 0.15) is 20.8 Å². The van der Waals surface area contributed by atoms with E-state index in [-0.39, 0.29) is 0 Å². The quantitative estimate of drug-likeness (QED) is 0.607. The number of hydrogen-bond acceptors (Lipinski definition) is 0. The van der Waals surface area contributed by atoms with E-state index in [1.54, 1.807) is 0 Å². The Morgan fingerprint density at radius 3 is 1.00 bits per heavy atom. The molecule has 0 nitrogen and oxygen atoms in total. The van der Waals surface area contributed by atoms with Gasteiger partial charge in [-0.3, -0.25) is 0 Å². The van der Waals surface area contributed by atoms with Crippen LogP contribution in [0.5, 0.6) is 0 Å². The first-order valence-corrected chi connectivity index (χ1v) is 18.8. The van der Waals surface area contributed by atoms with Crippen molar-refractivity contribution in [2.45, 2.75) is 20.8 Å². The molecule has 0 N–H and O–H groups in total. The summed E-state index contributed by atoms with van der Waals surface area (Å²) in [6, 6.07) is 0. The van der Waals surface area contributed by atoms with Crippen molar-refractivity contribution in [3.63, 3.8) is 0 Å². The molecule has 0 bridgehead atoms. The molecule has 0 saturated carbocycles. The summed E-state index contributed by atoms with van der Waals surface area (Å²) < 4.78 is 3.38. The molecular weight excluding hydrogens is 390 g/mol. The van der Waals surface area contributed by atoms with Crippen molar-refractivity contribution in [3.05, 3.63) is 30.3 Å². The Labute approximate surface area is 88.2 Å². The van der Waals surface area contributed by atoms with Gasteiger partial charge in [-0.25, -0.2) is 0 Å². The van der Waals surface area contributed by atoms with Crippen LogP contribution in [0.3, 0.4) is 0 Å². The van der Waals surface area contributed by atoms with Gasteiger partial charge in [0.25, 0.3) is 0 Å². The van der Waals surface area contributed by atoms with E-state index in [0.29, 0.717) is 0 Å². The van der Waals surface area contributed by atoms with Crippen LogP contribution in [0.15, 0.2) is 30.3 Å². The first-order chi connectivity index (χ1) is 5.13. The Bertz CT molecular complexity index is 221. The van der Waals surface area contributed by atoms with Gasteiger partial charge in [-0.1, -0.05) is 0 Å². The summed E-state index contributed by atoms with van der Waals surface area (Å²) in [6.07, 6.45) is 0. The van der Waals surface area contributed by atoms with E-state index in [1.807, 2.05) is 20.8 Å². The molecular formula is C9H15Br2Sb. The Morgan fingerprint density at radius 1 is 0.833 bits per heavy atom. The molecule has 12 heavy (non-hydrogen) atoms. The molecule has 0 fully saturated rings. The Hall–Kier alpha value is 0.998. The maximum absolute atomic E-state index is 4.02. The second kappa shape index (κ2) is 3.63. The van der Waals surface area contributed by atoms with Crippen LogP contribution in [0.25, 0.3) is 0 Å². The molecule has 0 aromatic rings. The van der Waals surface area contributed by atoms with Gasteiger partial charge < -0.3 is 0 Å². The summed E-state index contributed by atoms with van der Waals surface area (Å²) in [4.78, 5) is 0. The maximum atomic E-state index is 4.02. The second-order valence-electron chi connectivity index (χ2n) is 3.11. The molecule has 0 heterocycles. The minimum absolute atomic E-state index is 1.13. The average Bonchev–Trinajstić information content (AvgIpc) is 1.86. The molecule has 0 rings (SSSR count). The minimum atomic E-state index is -3.24. The van der Waals surface area contributed by atoms with Gasteiger partial charge in [-0.05, 0) is 0 Å². The van der Waals surface area contributed by atoms with Gasteiger partial charge >= 0.3 is 89.2 Å². The molecule has 0 atom stereocenters. The van der Waals surface area contributed by atoms with Gasteiger partial charge in [0, 0.05) is 0 Å². The summed E-state index contributed by atoms with van der Waals surface area (Å²) >= 11 is 4.36. The first kappa shape index (κ1) is 13.0. The molecule has 0 aliphatic rings. The van der Waals surface area contributed by atoms with Gasteiger partial charge in [0.15, 0.2) is 0 Å². The molecule has 0 radical (unpaired) electrons. The summed E-state index contributed by atoms with van der Waals surface area (Å²) in [5, 5.41) is 0. The number of halogens is 2. The third-order valence-corrected chi connectivity index (χ3v) is 37.9. The molecule has 0 aliphatic heterocycles. The third-order valence-electron chi connectivity index (χ3n) is 2.01. The van der Waals surface area contributed by atoms with Crippen molar-refractivity contribution < 1.29 is 0 Å². The van der Waals surface area contributed by atoms with Crippen LogP contribution in [0, 0.1) is 0 Å². The van der Waals surface area contributed by atoms with Crippen molar-refractivity contribution in [2.75, 3.05) is 0 Å². The zero-order valence-corrected chi connectivity index (χ0v) is 13.5. The van der Waals surface area contributed by atoms with Crippen LogP contribution >= 0.6 is 25.2 Å². The molecule has 70 valence electrons. The number of allylic oxidation sites excluding steroid dienone is 3. The Morgan fingerprint density at radius 2 is 1.00 bits per heavy atom. The third kappa shape index (κ3) is 1.76. The molecule has 3 heteroatoms.